The second-order valence-electron chi connectivity index (χ2n) is 5.54. The van der Waals surface area contributed by atoms with Crippen LogP contribution in [0.15, 0.2) is 18.9 Å². The summed E-state index contributed by atoms with van der Waals surface area (Å²) in [6, 6.07) is 1.26. The maximum absolute atomic E-state index is 12.5. The Hall–Kier alpha value is -1.21. The van der Waals surface area contributed by atoms with Gasteiger partial charge in [0.05, 0.1) is 5.25 Å². The molecule has 0 fully saturated rings. The Bertz CT molecular complexity index is 931. The number of hydrogen-bond acceptors (Lipinski definition) is 6. The van der Waals surface area contributed by atoms with Crippen LogP contribution in [0, 0.1) is 11.8 Å². The van der Waals surface area contributed by atoms with Crippen LogP contribution >= 0.6 is 11.3 Å². The molecule has 0 bridgehead atoms. The van der Waals surface area contributed by atoms with Crippen LogP contribution in [0.1, 0.15) is 45.7 Å². The van der Waals surface area contributed by atoms with Gasteiger partial charge in [0.1, 0.15) is 14.1 Å². The van der Waals surface area contributed by atoms with Gasteiger partial charge in [-0.1, -0.05) is 12.8 Å². The van der Waals surface area contributed by atoms with E-state index in [2.05, 4.69) is 21.6 Å². The molecule has 6 nitrogen and oxygen atoms in total. The molecular formula is C15H20N2O4S3. The number of nitrogens with zero attached hydrogens (tertiary/aromatic N) is 1. The zero-order chi connectivity index (χ0) is 18.1. The lowest BCUT2D eigenvalue weighted by atomic mass is 10.1. The number of fused-ring (bicyclic) bond motifs is 1. The molecule has 2 heterocycles. The highest BCUT2D eigenvalue weighted by Crippen LogP contribution is 2.43. The van der Waals surface area contributed by atoms with Gasteiger partial charge in [-0.2, -0.15) is 12.8 Å². The lowest BCUT2D eigenvalue weighted by Gasteiger charge is -2.27. The van der Waals surface area contributed by atoms with E-state index in [1.165, 1.54) is 13.0 Å². The third-order valence-electron chi connectivity index (χ3n) is 3.70. The van der Waals surface area contributed by atoms with E-state index >= 15 is 0 Å². The Morgan fingerprint density at radius 2 is 2.17 bits per heavy atom. The predicted molar refractivity (Wildman–Crippen MR) is 95.7 cm³/mol. The minimum Gasteiger partial charge on any atom is -0.310 e. The first-order valence-electron chi connectivity index (χ1n) is 7.48. The molecule has 1 aromatic rings. The Labute approximate surface area is 147 Å². The van der Waals surface area contributed by atoms with Crippen molar-refractivity contribution in [3.63, 3.8) is 0 Å². The Morgan fingerprint density at radius 1 is 1.50 bits per heavy atom. The van der Waals surface area contributed by atoms with Crippen LogP contribution in [0.25, 0.3) is 0 Å². The van der Waals surface area contributed by atoms with Crippen LogP contribution in [-0.4, -0.2) is 34.3 Å². The van der Waals surface area contributed by atoms with Gasteiger partial charge < -0.3 is 5.32 Å². The summed E-state index contributed by atoms with van der Waals surface area (Å²) in [6.07, 6.45) is 0.420. The maximum Gasteiger partial charge on any atom is 0.292 e. The van der Waals surface area contributed by atoms with Crippen molar-refractivity contribution in [2.24, 2.45) is 4.40 Å². The molecule has 1 N–H and O–H groups in total. The molecule has 132 valence electrons. The van der Waals surface area contributed by atoms with Crippen LogP contribution < -0.4 is 5.32 Å². The van der Waals surface area contributed by atoms with Gasteiger partial charge >= 0.3 is 0 Å². The SMILES string of the molecule is CC#C/C(C)=N\S(=O)(=O)c1cc2c(s1)S(=O)(=O)[C@@H](C)C[C@@H]2NCC. The second-order valence-corrected chi connectivity index (χ2v) is 11.0. The molecule has 0 aliphatic carbocycles. The predicted octanol–water partition coefficient (Wildman–Crippen LogP) is 2.14. The van der Waals surface area contributed by atoms with Crippen LogP contribution in [0.4, 0.5) is 0 Å². The highest BCUT2D eigenvalue weighted by molar-refractivity contribution is 7.96. The fraction of sp³-hybridized carbons (Fsp3) is 0.533. The van der Waals surface area contributed by atoms with E-state index in [0.29, 0.717) is 18.5 Å². The summed E-state index contributed by atoms with van der Waals surface area (Å²) in [5.41, 5.74) is 0.691. The minimum atomic E-state index is -3.97. The third kappa shape index (κ3) is 3.57. The summed E-state index contributed by atoms with van der Waals surface area (Å²) in [4.78, 5) is 0. The summed E-state index contributed by atoms with van der Waals surface area (Å²) < 4.78 is 53.7. The van der Waals surface area contributed by atoms with Gasteiger partial charge in [0.25, 0.3) is 10.0 Å². The smallest absolute Gasteiger partial charge is 0.292 e. The van der Waals surface area contributed by atoms with Crippen molar-refractivity contribution in [3.05, 3.63) is 11.6 Å². The van der Waals surface area contributed by atoms with E-state index in [1.54, 1.807) is 13.8 Å². The largest absolute Gasteiger partial charge is 0.310 e. The molecule has 0 unspecified atom stereocenters. The van der Waals surface area contributed by atoms with Gasteiger partial charge in [0.2, 0.25) is 0 Å². The van der Waals surface area contributed by atoms with Gasteiger partial charge in [-0.15, -0.1) is 17.3 Å². The minimum absolute atomic E-state index is 0.0645. The van der Waals surface area contributed by atoms with Crippen molar-refractivity contribution in [2.75, 3.05) is 6.54 Å². The van der Waals surface area contributed by atoms with Crippen molar-refractivity contribution < 1.29 is 16.8 Å². The Balaban J connectivity index is 2.60. The van der Waals surface area contributed by atoms with E-state index in [-0.39, 0.29) is 20.2 Å². The molecule has 0 saturated carbocycles. The molecule has 0 radical (unpaired) electrons. The van der Waals surface area contributed by atoms with E-state index in [0.717, 1.165) is 11.3 Å². The lowest BCUT2D eigenvalue weighted by Crippen LogP contribution is -2.33. The van der Waals surface area contributed by atoms with E-state index < -0.39 is 25.1 Å². The molecule has 2 rings (SSSR count). The summed E-state index contributed by atoms with van der Waals surface area (Å²) >= 11 is 0.771. The second kappa shape index (κ2) is 6.96. The summed E-state index contributed by atoms with van der Waals surface area (Å²) in [6.45, 7) is 7.33. The van der Waals surface area contributed by atoms with Crippen LogP contribution in [0.3, 0.4) is 0 Å². The first-order chi connectivity index (χ1) is 11.1. The maximum atomic E-state index is 12.5. The number of hydrogen-bond donors (Lipinski definition) is 1. The topological polar surface area (TPSA) is 92.7 Å². The fourth-order valence-corrected chi connectivity index (χ4v) is 7.56. The molecule has 1 aromatic heterocycles. The molecule has 0 spiro atoms. The quantitative estimate of drug-likeness (QED) is 0.630. The van der Waals surface area contributed by atoms with Crippen molar-refractivity contribution >= 4 is 36.9 Å². The van der Waals surface area contributed by atoms with Crippen LogP contribution in [-0.2, 0) is 19.9 Å². The number of rotatable bonds is 4. The summed E-state index contributed by atoms with van der Waals surface area (Å²) in [5.74, 6) is 5.17. The monoisotopic (exact) mass is 388 g/mol. The highest BCUT2D eigenvalue weighted by atomic mass is 32.3. The number of sulfonamides is 1. The molecule has 1 aliphatic rings. The first-order valence-corrected chi connectivity index (χ1v) is 11.3. The fourth-order valence-electron chi connectivity index (χ4n) is 2.59. The molecule has 0 saturated heterocycles. The molecular weight excluding hydrogens is 368 g/mol. The van der Waals surface area contributed by atoms with E-state index in [1.807, 2.05) is 6.92 Å². The van der Waals surface area contributed by atoms with Gasteiger partial charge in [0, 0.05) is 11.6 Å². The van der Waals surface area contributed by atoms with E-state index in [4.69, 9.17) is 0 Å². The first kappa shape index (κ1) is 19.1. The Kier molecular flexibility index (Phi) is 5.54. The number of thiophene rings is 1. The van der Waals surface area contributed by atoms with Gasteiger partial charge in [-0.3, -0.25) is 0 Å². The van der Waals surface area contributed by atoms with Gasteiger partial charge in [-0.05, 0) is 39.8 Å². The lowest BCUT2D eigenvalue weighted by molar-refractivity contribution is 0.477. The standard InChI is InChI=1S/C15H20N2O4S3/c1-5-7-10(3)17-24(20,21)14-9-12-13(16-6-2)8-11(4)23(18,19)15(12)22-14/h9,11,13,16H,6,8H2,1-4H3/b17-10-/t11-,13-/m0/s1. The molecule has 0 amide bonds. The van der Waals surface area contributed by atoms with Crippen molar-refractivity contribution in [1.29, 1.82) is 0 Å². The van der Waals surface area contributed by atoms with Crippen molar-refractivity contribution in [1.82, 2.24) is 5.32 Å². The molecule has 24 heavy (non-hydrogen) atoms. The number of nitrogens with one attached hydrogen (secondary N) is 1. The zero-order valence-electron chi connectivity index (χ0n) is 14.0. The van der Waals surface area contributed by atoms with Gasteiger partial charge in [-0.25, -0.2) is 8.42 Å². The third-order valence-corrected chi connectivity index (χ3v) is 9.42. The highest BCUT2D eigenvalue weighted by Gasteiger charge is 2.39. The zero-order valence-corrected chi connectivity index (χ0v) is 16.4. The van der Waals surface area contributed by atoms with Gasteiger partial charge in [0.15, 0.2) is 9.84 Å². The van der Waals surface area contributed by atoms with Crippen molar-refractivity contribution in [2.45, 2.75) is 53.8 Å². The summed E-state index contributed by atoms with van der Waals surface area (Å²) in [5, 5.41) is 2.67. The Morgan fingerprint density at radius 3 is 2.75 bits per heavy atom. The van der Waals surface area contributed by atoms with E-state index in [9.17, 15) is 16.8 Å². The average molecular weight is 389 g/mol. The molecule has 2 atom stereocenters. The molecule has 0 aromatic carbocycles. The van der Waals surface area contributed by atoms with Crippen LogP contribution in [0.2, 0.25) is 0 Å². The van der Waals surface area contributed by atoms with Crippen LogP contribution in [0.5, 0.6) is 0 Å². The normalized spacial score (nSPS) is 23.2. The average Bonchev–Trinajstić information content (AvgIpc) is 2.92. The molecule has 9 heteroatoms. The number of sulfone groups is 1. The summed E-state index contributed by atoms with van der Waals surface area (Å²) in [7, 11) is -7.48. The van der Waals surface area contributed by atoms with Crippen molar-refractivity contribution in [3.8, 4) is 11.8 Å². The molecule has 1 aliphatic heterocycles.